The number of carbonyl (C=O) groups is 2. The van der Waals surface area contributed by atoms with Gasteiger partial charge in [-0.15, -0.1) is 0 Å². The van der Waals surface area contributed by atoms with E-state index in [1.54, 1.807) is 6.08 Å². The van der Waals surface area contributed by atoms with Crippen LogP contribution in [0.4, 0.5) is 0 Å². The zero-order chi connectivity index (χ0) is 67.7. The molecule has 0 saturated carbocycles. The zero-order valence-corrected chi connectivity index (χ0v) is 64.0. The second-order valence-electron chi connectivity index (χ2n) is 29.9. The SMILES string of the molecule is CCCCCC/C=C\C/C=C\CCCCCCCCCC(=O)OCCCCCCCCCCCCCCCCCCCCCCCCCCCCCCCCCCCCCCCCCC(=O)NC(CO)C(O)/C=C/CCCCCCCCCCCCCCCCCCCC. The predicted molar refractivity (Wildman–Crippen MR) is 416 cm³/mol. The summed E-state index contributed by atoms with van der Waals surface area (Å²) in [4.78, 5) is 24.7. The van der Waals surface area contributed by atoms with Crippen LogP contribution in [0.3, 0.4) is 0 Å². The van der Waals surface area contributed by atoms with Crippen molar-refractivity contribution in [1.29, 1.82) is 0 Å². The Balaban J connectivity index is 3.31. The Bertz CT molecular complexity index is 1520. The molecule has 6 heteroatoms. The van der Waals surface area contributed by atoms with Gasteiger partial charge in [-0.25, -0.2) is 0 Å². The summed E-state index contributed by atoms with van der Waals surface area (Å²) in [5.41, 5.74) is 0. The first-order valence-corrected chi connectivity index (χ1v) is 43.3. The number of unbranched alkanes of at least 4 members (excludes halogenated alkanes) is 67. The summed E-state index contributed by atoms with van der Waals surface area (Å²) in [5, 5.41) is 23.3. The highest BCUT2D eigenvalue weighted by Crippen LogP contribution is 2.21. The third kappa shape index (κ3) is 79.1. The van der Waals surface area contributed by atoms with Gasteiger partial charge in [0.15, 0.2) is 0 Å². The van der Waals surface area contributed by atoms with Crippen molar-refractivity contribution in [2.45, 2.75) is 501 Å². The Morgan fingerprint density at radius 3 is 0.819 bits per heavy atom. The van der Waals surface area contributed by atoms with Crippen molar-refractivity contribution in [2.75, 3.05) is 13.2 Å². The fraction of sp³-hybridized carbons (Fsp3) is 0.909. The summed E-state index contributed by atoms with van der Waals surface area (Å²) in [7, 11) is 0. The van der Waals surface area contributed by atoms with Crippen LogP contribution in [-0.2, 0) is 14.3 Å². The predicted octanol–water partition coefficient (Wildman–Crippen LogP) is 28.9. The first-order chi connectivity index (χ1) is 46.5. The number of hydrogen-bond acceptors (Lipinski definition) is 5. The van der Waals surface area contributed by atoms with Crippen molar-refractivity contribution in [2.24, 2.45) is 0 Å². The van der Waals surface area contributed by atoms with Crippen molar-refractivity contribution in [3.05, 3.63) is 36.5 Å². The smallest absolute Gasteiger partial charge is 0.305 e. The standard InChI is InChI=1S/C88H169NO5/c1-3-5-7-9-11-13-15-17-19-21-23-45-48-52-56-60-64-68-72-76-80-86(91)85(84-90)89-87(92)81-77-73-69-65-61-57-53-49-46-43-41-39-37-35-33-31-29-27-25-24-26-28-30-32-34-36-38-40-42-44-47-51-55-59-63-67-71-75-79-83-94-88(93)82-78-74-70-66-62-58-54-50-22-20-18-16-14-12-10-8-6-4-2/h14,16,20,22,76,80,85-86,90-91H,3-13,15,17-19,21,23-75,77-79,81-84H2,1-2H3,(H,89,92)/b16-14-,22-20-,80-76+. The first kappa shape index (κ1) is 92.1. The summed E-state index contributed by atoms with van der Waals surface area (Å²) in [5.74, 6) is -0.0397. The first-order valence-electron chi connectivity index (χ1n) is 43.3. The van der Waals surface area contributed by atoms with Gasteiger partial charge in [0.05, 0.1) is 25.4 Å². The molecule has 2 atom stereocenters. The van der Waals surface area contributed by atoms with Crippen LogP contribution in [0, 0.1) is 0 Å². The Kier molecular flexibility index (Phi) is 81.8. The number of allylic oxidation sites excluding steroid dienone is 5. The van der Waals surface area contributed by atoms with Crippen LogP contribution < -0.4 is 5.32 Å². The molecule has 0 aliphatic rings. The van der Waals surface area contributed by atoms with Crippen molar-refractivity contribution in [3.8, 4) is 0 Å². The molecule has 2 unspecified atom stereocenters. The van der Waals surface area contributed by atoms with Gasteiger partial charge < -0.3 is 20.3 Å². The number of rotatable bonds is 82. The fourth-order valence-electron chi connectivity index (χ4n) is 13.8. The van der Waals surface area contributed by atoms with Crippen LogP contribution in [-0.4, -0.2) is 47.4 Å². The van der Waals surface area contributed by atoms with Crippen molar-refractivity contribution < 1.29 is 24.5 Å². The number of amides is 1. The molecule has 0 aromatic carbocycles. The molecule has 0 fully saturated rings. The van der Waals surface area contributed by atoms with Crippen molar-refractivity contribution in [1.82, 2.24) is 5.32 Å². The van der Waals surface area contributed by atoms with Crippen LogP contribution in [0.5, 0.6) is 0 Å². The molecule has 0 aliphatic carbocycles. The van der Waals surface area contributed by atoms with E-state index in [0.717, 1.165) is 51.4 Å². The zero-order valence-electron chi connectivity index (χ0n) is 64.0. The average Bonchev–Trinajstić information content (AvgIpc) is 3.37. The van der Waals surface area contributed by atoms with Gasteiger partial charge in [0.25, 0.3) is 0 Å². The molecule has 0 aromatic heterocycles. The molecule has 6 nitrogen and oxygen atoms in total. The number of carbonyl (C=O) groups excluding carboxylic acids is 2. The maximum atomic E-state index is 12.5. The highest BCUT2D eigenvalue weighted by atomic mass is 16.5. The van der Waals surface area contributed by atoms with E-state index in [1.165, 1.54) is 411 Å². The maximum Gasteiger partial charge on any atom is 0.305 e. The summed E-state index contributed by atoms with van der Waals surface area (Å²) in [6.07, 6.45) is 110. The van der Waals surface area contributed by atoms with Gasteiger partial charge >= 0.3 is 5.97 Å². The molecule has 1 amide bonds. The molecule has 0 radical (unpaired) electrons. The highest BCUT2D eigenvalue weighted by Gasteiger charge is 2.18. The molecular formula is C88H169NO5. The lowest BCUT2D eigenvalue weighted by molar-refractivity contribution is -0.143. The van der Waals surface area contributed by atoms with Gasteiger partial charge in [-0.2, -0.15) is 0 Å². The molecule has 94 heavy (non-hydrogen) atoms. The second kappa shape index (κ2) is 83.5. The molecule has 0 bridgehead atoms. The van der Waals surface area contributed by atoms with Gasteiger partial charge in [-0.3, -0.25) is 9.59 Å². The Morgan fingerprint density at radius 2 is 0.532 bits per heavy atom. The van der Waals surface area contributed by atoms with Gasteiger partial charge in [0.2, 0.25) is 5.91 Å². The van der Waals surface area contributed by atoms with E-state index in [4.69, 9.17) is 4.74 Å². The molecule has 0 aromatic rings. The van der Waals surface area contributed by atoms with Gasteiger partial charge in [-0.05, 0) is 64.2 Å². The molecule has 3 N–H and O–H groups in total. The van der Waals surface area contributed by atoms with Crippen molar-refractivity contribution >= 4 is 11.9 Å². The van der Waals surface area contributed by atoms with Gasteiger partial charge in [0, 0.05) is 12.8 Å². The Hall–Kier alpha value is -1.92. The van der Waals surface area contributed by atoms with Crippen LogP contribution >= 0.6 is 0 Å². The fourth-order valence-corrected chi connectivity index (χ4v) is 13.8. The number of aliphatic hydroxyl groups is 2. The highest BCUT2D eigenvalue weighted by molar-refractivity contribution is 5.76. The van der Waals surface area contributed by atoms with E-state index < -0.39 is 12.1 Å². The Labute approximate surface area is 589 Å². The number of esters is 1. The third-order valence-corrected chi connectivity index (χ3v) is 20.4. The van der Waals surface area contributed by atoms with Gasteiger partial charge in [-0.1, -0.05) is 448 Å². The normalized spacial score (nSPS) is 12.6. The maximum absolute atomic E-state index is 12.5. The lowest BCUT2D eigenvalue weighted by Crippen LogP contribution is -2.45. The number of hydrogen-bond donors (Lipinski definition) is 3. The molecule has 556 valence electrons. The molecular weight excluding hydrogens is 1150 g/mol. The van der Waals surface area contributed by atoms with Crippen LogP contribution in [0.25, 0.3) is 0 Å². The number of ether oxygens (including phenoxy) is 1. The van der Waals surface area contributed by atoms with Crippen molar-refractivity contribution in [3.63, 3.8) is 0 Å². The summed E-state index contributed by atoms with van der Waals surface area (Å²) in [6.45, 7) is 4.94. The third-order valence-electron chi connectivity index (χ3n) is 20.4. The summed E-state index contributed by atoms with van der Waals surface area (Å²) in [6, 6.07) is -0.624. The molecule has 0 aliphatic heterocycles. The van der Waals surface area contributed by atoms with E-state index in [-0.39, 0.29) is 18.5 Å². The van der Waals surface area contributed by atoms with Gasteiger partial charge in [0.1, 0.15) is 0 Å². The molecule has 0 spiro atoms. The topological polar surface area (TPSA) is 95.9 Å². The molecule has 0 saturated heterocycles. The van der Waals surface area contributed by atoms with E-state index >= 15 is 0 Å². The van der Waals surface area contributed by atoms with E-state index in [9.17, 15) is 19.8 Å². The lowest BCUT2D eigenvalue weighted by atomic mass is 10.0. The Morgan fingerprint density at radius 1 is 0.298 bits per heavy atom. The minimum Gasteiger partial charge on any atom is -0.466 e. The molecule has 0 heterocycles. The molecule has 0 rings (SSSR count). The van der Waals surface area contributed by atoms with Crippen LogP contribution in [0.15, 0.2) is 36.5 Å². The minimum atomic E-state index is -0.841. The summed E-state index contributed by atoms with van der Waals surface area (Å²) >= 11 is 0. The largest absolute Gasteiger partial charge is 0.466 e. The van der Waals surface area contributed by atoms with Crippen LogP contribution in [0.1, 0.15) is 489 Å². The lowest BCUT2D eigenvalue weighted by Gasteiger charge is -2.20. The van der Waals surface area contributed by atoms with E-state index in [2.05, 4.69) is 43.5 Å². The van der Waals surface area contributed by atoms with E-state index in [1.807, 2.05) is 6.08 Å². The van der Waals surface area contributed by atoms with E-state index in [0.29, 0.717) is 19.4 Å². The second-order valence-corrected chi connectivity index (χ2v) is 29.9. The number of aliphatic hydroxyl groups excluding tert-OH is 2. The minimum absolute atomic E-state index is 0.0174. The average molecular weight is 1320 g/mol. The summed E-state index contributed by atoms with van der Waals surface area (Å²) < 4.78 is 5.52. The monoisotopic (exact) mass is 1320 g/mol. The quantitative estimate of drug-likeness (QED) is 0.0320. The van der Waals surface area contributed by atoms with Crippen LogP contribution in [0.2, 0.25) is 0 Å². The number of nitrogens with one attached hydrogen (secondary N) is 1.